The predicted octanol–water partition coefficient (Wildman–Crippen LogP) is 4.43. The van der Waals surface area contributed by atoms with Crippen molar-refractivity contribution in [1.29, 1.82) is 0 Å². The Hall–Kier alpha value is -3.58. The van der Waals surface area contributed by atoms with Crippen LogP contribution in [0.5, 0.6) is 5.75 Å². The summed E-state index contributed by atoms with van der Waals surface area (Å²) in [6, 6.07) is 6.48. The molecular formula is C22H18ClF5N6O2. The summed E-state index contributed by atoms with van der Waals surface area (Å²) >= 11 is 4.73. The Morgan fingerprint density at radius 1 is 1.11 bits per heavy atom. The highest BCUT2D eigenvalue weighted by Crippen LogP contribution is 2.39. The Labute approximate surface area is 206 Å². The number of ether oxygens (including phenoxy) is 1. The van der Waals surface area contributed by atoms with E-state index in [9.17, 15) is 26.7 Å². The van der Waals surface area contributed by atoms with E-state index in [1.165, 1.54) is 60.1 Å². The molecule has 1 atom stereocenters. The van der Waals surface area contributed by atoms with Gasteiger partial charge >= 0.3 is 11.7 Å². The van der Waals surface area contributed by atoms with Crippen LogP contribution < -0.4 is 20.7 Å². The molecule has 0 saturated carbocycles. The maximum absolute atomic E-state index is 13.4. The molecule has 190 valence electrons. The molecule has 3 heterocycles. The van der Waals surface area contributed by atoms with Gasteiger partial charge in [0.15, 0.2) is 0 Å². The quantitative estimate of drug-likeness (QED) is 0.360. The minimum atomic E-state index is -4.60. The minimum Gasteiger partial charge on any atom is -0.420 e. The number of carbonyl (C=O) groups excluding carboxylic acids is 1. The number of halogens is 6. The van der Waals surface area contributed by atoms with Gasteiger partial charge in [0.05, 0.1) is 5.56 Å². The molecular weight excluding hydrogens is 511 g/mol. The monoisotopic (exact) mass is 528 g/mol. The number of pyridine rings is 1. The molecule has 36 heavy (non-hydrogen) atoms. The number of hydrogen-bond donors (Lipinski definition) is 2. The zero-order valence-corrected chi connectivity index (χ0v) is 19.0. The molecule has 14 heteroatoms. The number of anilines is 2. The van der Waals surface area contributed by atoms with Crippen LogP contribution in [0.2, 0.25) is 0 Å². The van der Waals surface area contributed by atoms with E-state index in [1.54, 1.807) is 0 Å². The normalized spacial score (nSPS) is 18.2. The van der Waals surface area contributed by atoms with Crippen molar-refractivity contribution < 1.29 is 31.5 Å². The second-order valence-corrected chi connectivity index (χ2v) is 8.51. The van der Waals surface area contributed by atoms with Crippen molar-refractivity contribution in [3.8, 4) is 16.9 Å². The van der Waals surface area contributed by atoms with E-state index < -0.39 is 29.7 Å². The molecule has 1 aliphatic rings. The maximum Gasteiger partial charge on any atom is 0.487 e. The smallest absolute Gasteiger partial charge is 0.420 e. The zero-order chi connectivity index (χ0) is 26.1. The van der Waals surface area contributed by atoms with Gasteiger partial charge in [-0.15, -0.1) is 8.78 Å². The Morgan fingerprint density at radius 3 is 2.36 bits per heavy atom. The molecule has 1 fully saturated rings. The summed E-state index contributed by atoms with van der Waals surface area (Å²) in [5.74, 6) is -0.624. The number of nitrogens with zero attached hydrogens (tertiary/aromatic N) is 4. The van der Waals surface area contributed by atoms with Crippen LogP contribution in [0.4, 0.5) is 33.5 Å². The molecule has 2 aromatic heterocycles. The molecule has 1 aliphatic heterocycles. The Bertz CT molecular complexity index is 1240. The molecule has 0 bridgehead atoms. The van der Waals surface area contributed by atoms with Gasteiger partial charge in [0.25, 0.3) is 5.91 Å². The lowest BCUT2D eigenvalue weighted by atomic mass is 10.00. The Balaban J connectivity index is 1.60. The summed E-state index contributed by atoms with van der Waals surface area (Å²) < 4.78 is 70.1. The number of nitrogens with one attached hydrogen (secondary N) is 1. The molecule has 0 spiro atoms. The van der Waals surface area contributed by atoms with Crippen LogP contribution in [0.3, 0.4) is 0 Å². The summed E-state index contributed by atoms with van der Waals surface area (Å²) in [6.07, 6.45) is 0.462. The van der Waals surface area contributed by atoms with E-state index in [0.29, 0.717) is 11.1 Å². The van der Waals surface area contributed by atoms with E-state index in [-0.39, 0.29) is 35.8 Å². The third kappa shape index (κ3) is 5.62. The summed E-state index contributed by atoms with van der Waals surface area (Å²) in [7, 11) is 0. The zero-order valence-electron chi connectivity index (χ0n) is 18.3. The number of nitrogens with two attached hydrogens (primary N) is 1. The minimum absolute atomic E-state index is 0.00497. The third-order valence-corrected chi connectivity index (χ3v) is 5.59. The van der Waals surface area contributed by atoms with Crippen molar-refractivity contribution in [1.82, 2.24) is 15.0 Å². The second kappa shape index (κ2) is 9.47. The van der Waals surface area contributed by atoms with Crippen molar-refractivity contribution in [2.75, 3.05) is 23.3 Å². The van der Waals surface area contributed by atoms with Crippen LogP contribution >= 0.6 is 11.6 Å². The molecule has 0 unspecified atom stereocenters. The van der Waals surface area contributed by atoms with Gasteiger partial charge in [-0.05, 0) is 36.8 Å². The first-order chi connectivity index (χ1) is 16.8. The van der Waals surface area contributed by atoms with Crippen LogP contribution in [0.25, 0.3) is 11.1 Å². The third-order valence-electron chi connectivity index (χ3n) is 5.51. The van der Waals surface area contributed by atoms with Gasteiger partial charge in [0, 0.05) is 60.1 Å². The van der Waals surface area contributed by atoms with Gasteiger partial charge in [-0.3, -0.25) is 4.79 Å². The van der Waals surface area contributed by atoms with Gasteiger partial charge in [-0.2, -0.15) is 13.2 Å². The lowest BCUT2D eigenvalue weighted by Crippen LogP contribution is -2.55. The standard InChI is InChI=1S/C22H18ClF5N6O2/c23-22(27,28)36-16-3-1-15(2-4-16)33-19(35)13-7-17(14-8-30-12-31-9-14)18(32-10-13)34-6-5-20(29,11-34)21(24,25)26/h1-4,7-10,12H,5-6,11,29H2,(H,33,35)/t20-/m1/s1. The topological polar surface area (TPSA) is 106 Å². The molecule has 3 N–H and O–H groups in total. The number of benzene rings is 1. The molecule has 0 radical (unpaired) electrons. The first-order valence-corrected chi connectivity index (χ1v) is 10.8. The highest BCUT2D eigenvalue weighted by atomic mass is 35.5. The SMILES string of the molecule is N[C@]1(C(F)(F)F)CCN(c2ncc(C(=O)Nc3ccc(OC(F)(F)Cl)cc3)cc2-c2cncnc2)C1. The molecule has 1 amide bonds. The summed E-state index contributed by atoms with van der Waals surface area (Å²) in [6.45, 7) is -0.503. The van der Waals surface area contributed by atoms with Gasteiger partial charge in [0.1, 0.15) is 23.4 Å². The summed E-state index contributed by atoms with van der Waals surface area (Å²) in [5.41, 5.74) is 0.459. The van der Waals surface area contributed by atoms with E-state index in [0.717, 1.165) is 0 Å². The number of aromatic nitrogens is 3. The van der Waals surface area contributed by atoms with Crippen LogP contribution in [0.1, 0.15) is 16.8 Å². The number of amides is 1. The van der Waals surface area contributed by atoms with E-state index in [1.807, 2.05) is 0 Å². The van der Waals surface area contributed by atoms with E-state index in [2.05, 4.69) is 25.0 Å². The summed E-state index contributed by atoms with van der Waals surface area (Å²) in [5, 5.41) is 2.58. The predicted molar refractivity (Wildman–Crippen MR) is 121 cm³/mol. The fraction of sp³-hybridized carbons (Fsp3) is 0.273. The van der Waals surface area contributed by atoms with E-state index >= 15 is 0 Å². The molecule has 1 saturated heterocycles. The number of rotatable bonds is 6. The van der Waals surface area contributed by atoms with Crippen molar-refractivity contribution in [3.63, 3.8) is 0 Å². The van der Waals surface area contributed by atoms with Gasteiger partial charge in [-0.1, -0.05) is 0 Å². The maximum atomic E-state index is 13.4. The first kappa shape index (κ1) is 25.5. The van der Waals surface area contributed by atoms with Crippen LogP contribution in [-0.2, 0) is 0 Å². The van der Waals surface area contributed by atoms with Crippen molar-refractivity contribution in [2.45, 2.75) is 23.7 Å². The lowest BCUT2D eigenvalue weighted by Gasteiger charge is -2.28. The molecule has 8 nitrogen and oxygen atoms in total. The van der Waals surface area contributed by atoms with E-state index in [4.69, 9.17) is 17.3 Å². The average Bonchev–Trinajstić information content (AvgIpc) is 3.23. The largest absolute Gasteiger partial charge is 0.487 e. The molecule has 0 aliphatic carbocycles. The Kier molecular flexibility index (Phi) is 6.71. The van der Waals surface area contributed by atoms with Gasteiger partial charge < -0.3 is 20.7 Å². The lowest BCUT2D eigenvalue weighted by molar-refractivity contribution is -0.179. The molecule has 4 rings (SSSR count). The average molecular weight is 529 g/mol. The first-order valence-electron chi connectivity index (χ1n) is 10.4. The fourth-order valence-electron chi connectivity index (χ4n) is 3.67. The van der Waals surface area contributed by atoms with Crippen LogP contribution in [-0.4, -0.2) is 51.2 Å². The highest BCUT2D eigenvalue weighted by molar-refractivity contribution is 6.20. The number of hydrogen-bond acceptors (Lipinski definition) is 7. The summed E-state index contributed by atoms with van der Waals surface area (Å²) in [4.78, 5) is 26.4. The van der Waals surface area contributed by atoms with Gasteiger partial charge in [0.2, 0.25) is 0 Å². The Morgan fingerprint density at radius 2 is 1.78 bits per heavy atom. The second-order valence-electron chi connectivity index (χ2n) is 8.07. The molecule has 1 aromatic carbocycles. The highest BCUT2D eigenvalue weighted by Gasteiger charge is 2.55. The fourth-order valence-corrected chi connectivity index (χ4v) is 3.76. The van der Waals surface area contributed by atoms with Gasteiger partial charge in [-0.25, -0.2) is 15.0 Å². The van der Waals surface area contributed by atoms with Crippen LogP contribution in [0, 0.1) is 0 Å². The van der Waals surface area contributed by atoms with Crippen molar-refractivity contribution >= 4 is 29.0 Å². The van der Waals surface area contributed by atoms with Crippen LogP contribution in [0.15, 0.2) is 55.2 Å². The number of alkyl halides is 6. The van der Waals surface area contributed by atoms with Crippen molar-refractivity contribution in [2.24, 2.45) is 5.73 Å². The number of carbonyl (C=O) groups is 1. The van der Waals surface area contributed by atoms with Crippen molar-refractivity contribution in [3.05, 3.63) is 60.8 Å². The molecule has 3 aromatic rings.